The molecule has 0 radical (unpaired) electrons. The first-order chi connectivity index (χ1) is 10.5. The molecule has 0 aliphatic rings. The van der Waals surface area contributed by atoms with Crippen LogP contribution in [0.15, 0.2) is 42.5 Å². The first-order valence-electron chi connectivity index (χ1n) is 5.95. The fourth-order valence-corrected chi connectivity index (χ4v) is 1.74. The summed E-state index contributed by atoms with van der Waals surface area (Å²) in [6.07, 6.45) is -9.87. The van der Waals surface area contributed by atoms with Crippen molar-refractivity contribution in [3.63, 3.8) is 0 Å². The molecule has 9 heteroatoms. The normalized spacial score (nSPS) is 12.1. The van der Waals surface area contributed by atoms with Crippen molar-refractivity contribution in [2.45, 2.75) is 12.7 Å². The Morgan fingerprint density at radius 3 is 1.65 bits per heavy atom. The second-order valence-corrected chi connectivity index (χ2v) is 4.27. The second kappa shape index (κ2) is 5.98. The molecule has 0 unspecified atom stereocenters. The van der Waals surface area contributed by atoms with Gasteiger partial charge in [-0.15, -0.1) is 26.3 Å². The highest BCUT2D eigenvalue weighted by molar-refractivity contribution is 5.65. The van der Waals surface area contributed by atoms with Gasteiger partial charge in [0.15, 0.2) is 11.6 Å². The van der Waals surface area contributed by atoms with Gasteiger partial charge in [-0.3, -0.25) is 0 Å². The Labute approximate surface area is 125 Å². The van der Waals surface area contributed by atoms with E-state index in [0.29, 0.717) is 0 Å². The molecular formula is C14H7F7O2. The zero-order chi connectivity index (χ0) is 17.3. The van der Waals surface area contributed by atoms with Crippen LogP contribution in [0.4, 0.5) is 30.7 Å². The summed E-state index contributed by atoms with van der Waals surface area (Å²) in [4.78, 5) is 0. The molecule has 124 valence electrons. The molecule has 0 saturated heterocycles. The van der Waals surface area contributed by atoms with Gasteiger partial charge in [-0.05, 0) is 35.4 Å². The highest BCUT2D eigenvalue weighted by Crippen LogP contribution is 2.31. The Balaban J connectivity index is 2.21. The third-order valence-corrected chi connectivity index (χ3v) is 2.58. The summed E-state index contributed by atoms with van der Waals surface area (Å²) in [6, 6.07) is 7.12. The van der Waals surface area contributed by atoms with Crippen LogP contribution in [-0.4, -0.2) is 12.7 Å². The van der Waals surface area contributed by atoms with E-state index in [1.54, 1.807) is 0 Å². The quantitative estimate of drug-likeness (QED) is 0.707. The van der Waals surface area contributed by atoms with Crippen LogP contribution in [0.5, 0.6) is 11.5 Å². The van der Waals surface area contributed by atoms with Gasteiger partial charge in [0.05, 0.1) is 0 Å². The van der Waals surface area contributed by atoms with Crippen LogP contribution < -0.4 is 9.47 Å². The summed E-state index contributed by atoms with van der Waals surface area (Å²) in [6.45, 7) is 0. The maximum Gasteiger partial charge on any atom is 0.573 e. The van der Waals surface area contributed by atoms with E-state index in [1.165, 1.54) is 12.1 Å². The molecule has 0 fully saturated rings. The van der Waals surface area contributed by atoms with Crippen LogP contribution in [0.2, 0.25) is 0 Å². The van der Waals surface area contributed by atoms with E-state index in [4.69, 9.17) is 0 Å². The van der Waals surface area contributed by atoms with E-state index in [-0.39, 0.29) is 11.1 Å². The second-order valence-electron chi connectivity index (χ2n) is 4.27. The Morgan fingerprint density at radius 2 is 1.17 bits per heavy atom. The van der Waals surface area contributed by atoms with Crippen molar-refractivity contribution in [3.05, 3.63) is 48.3 Å². The Morgan fingerprint density at radius 1 is 0.652 bits per heavy atom. The molecule has 0 aliphatic heterocycles. The summed E-state index contributed by atoms with van der Waals surface area (Å²) >= 11 is 0. The van der Waals surface area contributed by atoms with Crippen molar-refractivity contribution < 1.29 is 40.2 Å². The lowest BCUT2D eigenvalue weighted by Gasteiger charge is -2.11. The van der Waals surface area contributed by atoms with Crippen LogP contribution in [-0.2, 0) is 0 Å². The first-order valence-corrected chi connectivity index (χ1v) is 5.95. The average molecular weight is 340 g/mol. The van der Waals surface area contributed by atoms with Gasteiger partial charge in [-0.25, -0.2) is 4.39 Å². The van der Waals surface area contributed by atoms with E-state index in [1.807, 2.05) is 0 Å². The molecule has 2 rings (SSSR count). The minimum absolute atomic E-state index is 0.163. The third-order valence-electron chi connectivity index (χ3n) is 2.58. The number of alkyl halides is 6. The predicted octanol–water partition coefficient (Wildman–Crippen LogP) is 5.29. The molecule has 2 aromatic carbocycles. The molecule has 0 heterocycles. The van der Waals surface area contributed by atoms with Gasteiger partial charge in [0.1, 0.15) is 5.75 Å². The topological polar surface area (TPSA) is 18.5 Å². The largest absolute Gasteiger partial charge is 0.573 e. The van der Waals surface area contributed by atoms with Crippen LogP contribution >= 0.6 is 0 Å². The molecule has 0 N–H and O–H groups in total. The van der Waals surface area contributed by atoms with Crippen molar-refractivity contribution in [3.8, 4) is 22.6 Å². The standard InChI is InChI=1S/C14H7F7O2/c15-11-7-9(3-6-12(11)23-14(19,20)21)8-1-4-10(5-2-8)22-13(16,17)18/h1-7H. The van der Waals surface area contributed by atoms with Gasteiger partial charge in [0.25, 0.3) is 0 Å². The van der Waals surface area contributed by atoms with Crippen LogP contribution in [0.25, 0.3) is 11.1 Å². The van der Waals surface area contributed by atoms with Gasteiger partial charge in [0.2, 0.25) is 0 Å². The lowest BCUT2D eigenvalue weighted by atomic mass is 10.1. The molecule has 2 nitrogen and oxygen atoms in total. The minimum Gasteiger partial charge on any atom is -0.406 e. The number of hydrogen-bond acceptors (Lipinski definition) is 2. The Kier molecular flexibility index (Phi) is 4.39. The fraction of sp³-hybridized carbons (Fsp3) is 0.143. The molecule has 0 spiro atoms. The highest BCUT2D eigenvalue weighted by Gasteiger charge is 2.32. The van der Waals surface area contributed by atoms with E-state index >= 15 is 0 Å². The zero-order valence-electron chi connectivity index (χ0n) is 11.0. The molecule has 0 atom stereocenters. The molecule has 23 heavy (non-hydrogen) atoms. The molecule has 0 amide bonds. The average Bonchev–Trinajstić information content (AvgIpc) is 2.39. The van der Waals surface area contributed by atoms with Crippen LogP contribution in [0.3, 0.4) is 0 Å². The lowest BCUT2D eigenvalue weighted by molar-refractivity contribution is -0.276. The number of halogens is 7. The number of hydrogen-bond donors (Lipinski definition) is 0. The number of ether oxygens (including phenoxy) is 2. The highest BCUT2D eigenvalue weighted by atomic mass is 19.4. The van der Waals surface area contributed by atoms with Crippen molar-refractivity contribution in [1.29, 1.82) is 0 Å². The summed E-state index contributed by atoms with van der Waals surface area (Å²) < 4.78 is 92.9. The SMILES string of the molecule is Fc1cc(-c2ccc(OC(F)(F)F)cc2)ccc1OC(F)(F)F. The lowest BCUT2D eigenvalue weighted by Crippen LogP contribution is -2.17. The monoisotopic (exact) mass is 340 g/mol. The summed E-state index contributed by atoms with van der Waals surface area (Å²) in [5, 5.41) is 0. The van der Waals surface area contributed by atoms with Crippen molar-refractivity contribution in [2.75, 3.05) is 0 Å². The van der Waals surface area contributed by atoms with E-state index in [0.717, 1.165) is 30.3 Å². The number of benzene rings is 2. The van der Waals surface area contributed by atoms with Crippen molar-refractivity contribution in [1.82, 2.24) is 0 Å². The maximum atomic E-state index is 13.6. The van der Waals surface area contributed by atoms with Crippen molar-refractivity contribution in [2.24, 2.45) is 0 Å². The maximum absolute atomic E-state index is 13.6. The van der Waals surface area contributed by atoms with Crippen LogP contribution in [0, 0.1) is 5.82 Å². The van der Waals surface area contributed by atoms with Gasteiger partial charge in [0, 0.05) is 0 Å². The van der Waals surface area contributed by atoms with E-state index in [9.17, 15) is 30.7 Å². The number of rotatable bonds is 3. The zero-order valence-corrected chi connectivity index (χ0v) is 11.0. The fourth-order valence-electron chi connectivity index (χ4n) is 1.74. The van der Waals surface area contributed by atoms with E-state index in [2.05, 4.69) is 9.47 Å². The first kappa shape index (κ1) is 16.9. The molecular weight excluding hydrogens is 333 g/mol. The Hall–Kier alpha value is -2.45. The summed E-state index contributed by atoms with van der Waals surface area (Å²) in [5.41, 5.74) is 0.451. The van der Waals surface area contributed by atoms with E-state index < -0.39 is 30.0 Å². The summed E-state index contributed by atoms with van der Waals surface area (Å²) in [7, 11) is 0. The van der Waals surface area contributed by atoms with Crippen LogP contribution in [0.1, 0.15) is 0 Å². The minimum atomic E-state index is -5.03. The molecule has 0 aliphatic carbocycles. The molecule has 0 bridgehead atoms. The molecule has 0 saturated carbocycles. The van der Waals surface area contributed by atoms with Gasteiger partial charge in [-0.1, -0.05) is 18.2 Å². The summed E-state index contributed by atoms with van der Waals surface area (Å²) in [5.74, 6) is -2.73. The van der Waals surface area contributed by atoms with Gasteiger partial charge >= 0.3 is 12.7 Å². The van der Waals surface area contributed by atoms with Crippen molar-refractivity contribution >= 4 is 0 Å². The predicted molar refractivity (Wildman–Crippen MR) is 65.2 cm³/mol. The van der Waals surface area contributed by atoms with Gasteiger partial charge in [-0.2, -0.15) is 0 Å². The molecule has 0 aromatic heterocycles. The van der Waals surface area contributed by atoms with Gasteiger partial charge < -0.3 is 9.47 Å². The smallest absolute Gasteiger partial charge is 0.406 e. The third kappa shape index (κ3) is 5.04. The molecule has 2 aromatic rings. The Bertz CT molecular complexity index is 675.